The molecule has 1 N–H and O–H groups in total. The Morgan fingerprint density at radius 2 is 1.76 bits per heavy atom. The van der Waals surface area contributed by atoms with E-state index < -0.39 is 21.5 Å². The van der Waals surface area contributed by atoms with Gasteiger partial charge in [-0.15, -0.1) is 0 Å². The molecular weight excluding hydrogens is 386 g/mol. The number of amides is 1. The SMILES string of the molecule is Cc1ccc(OCCNC(=O)CS(=O)(=O)Cc2cccc3ccccc23)c(C)c1. The number of hydrogen-bond donors (Lipinski definition) is 1. The van der Waals surface area contributed by atoms with Crippen LogP contribution in [0.2, 0.25) is 0 Å². The van der Waals surface area contributed by atoms with Crippen LogP contribution in [0.4, 0.5) is 0 Å². The number of aryl methyl sites for hydroxylation is 2. The van der Waals surface area contributed by atoms with Gasteiger partial charge in [-0.3, -0.25) is 4.79 Å². The number of carbonyl (C=O) groups excluding carboxylic acids is 1. The zero-order valence-corrected chi connectivity index (χ0v) is 17.5. The molecule has 0 radical (unpaired) electrons. The topological polar surface area (TPSA) is 72.5 Å². The zero-order valence-electron chi connectivity index (χ0n) is 16.6. The fraction of sp³-hybridized carbons (Fsp3) is 0.261. The molecular formula is C23H25NO4S. The van der Waals surface area contributed by atoms with Crippen molar-refractivity contribution >= 4 is 26.5 Å². The summed E-state index contributed by atoms with van der Waals surface area (Å²) in [5.41, 5.74) is 2.88. The summed E-state index contributed by atoms with van der Waals surface area (Å²) >= 11 is 0. The van der Waals surface area contributed by atoms with Gasteiger partial charge in [-0.25, -0.2) is 8.42 Å². The van der Waals surface area contributed by atoms with Crippen LogP contribution in [0.15, 0.2) is 60.7 Å². The lowest BCUT2D eigenvalue weighted by Crippen LogP contribution is -2.33. The van der Waals surface area contributed by atoms with Crippen molar-refractivity contribution in [2.75, 3.05) is 18.9 Å². The Kier molecular flexibility index (Phi) is 6.54. The smallest absolute Gasteiger partial charge is 0.235 e. The Morgan fingerprint density at radius 3 is 2.55 bits per heavy atom. The summed E-state index contributed by atoms with van der Waals surface area (Å²) in [6.45, 7) is 4.49. The minimum atomic E-state index is -3.58. The van der Waals surface area contributed by atoms with E-state index in [1.807, 2.05) is 68.4 Å². The van der Waals surface area contributed by atoms with Gasteiger partial charge >= 0.3 is 0 Å². The molecule has 0 unspecified atom stereocenters. The Labute approximate surface area is 171 Å². The number of hydrogen-bond acceptors (Lipinski definition) is 4. The van der Waals surface area contributed by atoms with E-state index in [1.54, 1.807) is 6.07 Å². The quantitative estimate of drug-likeness (QED) is 0.575. The minimum Gasteiger partial charge on any atom is -0.491 e. The molecule has 5 nitrogen and oxygen atoms in total. The third kappa shape index (κ3) is 5.81. The molecule has 0 saturated heterocycles. The van der Waals surface area contributed by atoms with Gasteiger partial charge in [-0.2, -0.15) is 0 Å². The Morgan fingerprint density at radius 1 is 1.00 bits per heavy atom. The zero-order chi connectivity index (χ0) is 20.9. The second-order valence-electron chi connectivity index (χ2n) is 7.14. The first-order valence-corrected chi connectivity index (χ1v) is 11.3. The predicted molar refractivity (Wildman–Crippen MR) is 116 cm³/mol. The second-order valence-corrected chi connectivity index (χ2v) is 9.20. The van der Waals surface area contributed by atoms with E-state index in [1.165, 1.54) is 0 Å². The van der Waals surface area contributed by atoms with E-state index in [4.69, 9.17) is 4.74 Å². The molecule has 0 aliphatic heterocycles. The van der Waals surface area contributed by atoms with Crippen LogP contribution in [-0.2, 0) is 20.4 Å². The van der Waals surface area contributed by atoms with Gasteiger partial charge in [-0.05, 0) is 41.8 Å². The number of benzene rings is 3. The molecule has 0 saturated carbocycles. The summed E-state index contributed by atoms with van der Waals surface area (Å²) in [4.78, 5) is 12.1. The number of sulfone groups is 1. The van der Waals surface area contributed by atoms with E-state index in [0.717, 1.165) is 27.6 Å². The fourth-order valence-corrected chi connectivity index (χ4v) is 4.60. The number of rotatable bonds is 8. The van der Waals surface area contributed by atoms with Gasteiger partial charge in [0.1, 0.15) is 18.1 Å². The van der Waals surface area contributed by atoms with Gasteiger partial charge in [0.25, 0.3) is 0 Å². The highest BCUT2D eigenvalue weighted by molar-refractivity contribution is 7.91. The number of carbonyl (C=O) groups is 1. The highest BCUT2D eigenvalue weighted by atomic mass is 32.2. The van der Waals surface area contributed by atoms with Crippen LogP contribution in [0.1, 0.15) is 16.7 Å². The first-order valence-electron chi connectivity index (χ1n) is 9.48. The van der Waals surface area contributed by atoms with E-state index in [0.29, 0.717) is 5.56 Å². The van der Waals surface area contributed by atoms with Crippen LogP contribution < -0.4 is 10.1 Å². The normalized spacial score (nSPS) is 11.4. The van der Waals surface area contributed by atoms with Gasteiger partial charge in [0.2, 0.25) is 5.91 Å². The summed E-state index contributed by atoms with van der Waals surface area (Å²) in [5.74, 6) is -0.469. The minimum absolute atomic E-state index is 0.166. The molecule has 0 spiro atoms. The van der Waals surface area contributed by atoms with Crippen molar-refractivity contribution in [3.63, 3.8) is 0 Å². The lowest BCUT2D eigenvalue weighted by atomic mass is 10.1. The Balaban J connectivity index is 1.51. The lowest BCUT2D eigenvalue weighted by molar-refractivity contribution is -0.118. The second kappa shape index (κ2) is 9.09. The van der Waals surface area contributed by atoms with Crippen molar-refractivity contribution in [3.8, 4) is 5.75 Å². The highest BCUT2D eigenvalue weighted by Crippen LogP contribution is 2.21. The highest BCUT2D eigenvalue weighted by Gasteiger charge is 2.18. The van der Waals surface area contributed by atoms with Crippen LogP contribution in [0.5, 0.6) is 5.75 Å². The van der Waals surface area contributed by atoms with Crippen molar-refractivity contribution in [1.82, 2.24) is 5.32 Å². The van der Waals surface area contributed by atoms with Crippen LogP contribution in [0, 0.1) is 13.8 Å². The number of nitrogens with one attached hydrogen (secondary N) is 1. The maximum absolute atomic E-state index is 12.5. The van der Waals surface area contributed by atoms with E-state index in [9.17, 15) is 13.2 Å². The first-order chi connectivity index (χ1) is 13.8. The Bertz CT molecular complexity index is 1120. The van der Waals surface area contributed by atoms with Crippen molar-refractivity contribution in [2.24, 2.45) is 0 Å². The van der Waals surface area contributed by atoms with Gasteiger partial charge < -0.3 is 10.1 Å². The summed E-state index contributed by atoms with van der Waals surface area (Å²) in [6, 6.07) is 19.0. The maximum Gasteiger partial charge on any atom is 0.235 e. The number of fused-ring (bicyclic) bond motifs is 1. The molecule has 0 bridgehead atoms. The van der Waals surface area contributed by atoms with Crippen LogP contribution in [0.25, 0.3) is 10.8 Å². The van der Waals surface area contributed by atoms with E-state index in [-0.39, 0.29) is 18.9 Å². The molecule has 3 rings (SSSR count). The van der Waals surface area contributed by atoms with Crippen LogP contribution in [0.3, 0.4) is 0 Å². The van der Waals surface area contributed by atoms with Gasteiger partial charge in [0.15, 0.2) is 9.84 Å². The van der Waals surface area contributed by atoms with Crippen molar-refractivity contribution in [2.45, 2.75) is 19.6 Å². The molecule has 29 heavy (non-hydrogen) atoms. The molecule has 0 atom stereocenters. The van der Waals surface area contributed by atoms with Gasteiger partial charge in [-0.1, -0.05) is 60.2 Å². The van der Waals surface area contributed by atoms with Crippen LogP contribution >= 0.6 is 0 Å². The fourth-order valence-electron chi connectivity index (χ4n) is 3.27. The molecule has 152 valence electrons. The van der Waals surface area contributed by atoms with Crippen molar-refractivity contribution in [3.05, 3.63) is 77.4 Å². The van der Waals surface area contributed by atoms with Gasteiger partial charge in [0.05, 0.1) is 12.3 Å². The third-order valence-electron chi connectivity index (χ3n) is 4.62. The maximum atomic E-state index is 12.5. The van der Waals surface area contributed by atoms with E-state index in [2.05, 4.69) is 5.32 Å². The summed E-state index contributed by atoms with van der Waals surface area (Å²) in [7, 11) is -3.58. The largest absolute Gasteiger partial charge is 0.491 e. The molecule has 3 aromatic rings. The standard InChI is InChI=1S/C23H25NO4S/c1-17-10-11-22(18(2)14-17)28-13-12-24-23(25)16-29(26,27)15-20-8-5-7-19-6-3-4-9-21(19)20/h3-11,14H,12-13,15-16H2,1-2H3,(H,24,25). The molecule has 3 aromatic carbocycles. The van der Waals surface area contributed by atoms with Gasteiger partial charge in [0, 0.05) is 0 Å². The van der Waals surface area contributed by atoms with Crippen molar-refractivity contribution < 1.29 is 17.9 Å². The summed E-state index contributed by atoms with van der Waals surface area (Å²) in [6.07, 6.45) is 0. The summed E-state index contributed by atoms with van der Waals surface area (Å²) < 4.78 is 30.6. The first kappa shape index (κ1) is 20.9. The molecule has 0 aliphatic carbocycles. The predicted octanol–water partition coefficient (Wildman–Crippen LogP) is 3.57. The summed E-state index contributed by atoms with van der Waals surface area (Å²) in [5, 5.41) is 4.49. The number of ether oxygens (including phenoxy) is 1. The lowest BCUT2D eigenvalue weighted by Gasteiger charge is -2.11. The molecule has 0 aliphatic rings. The molecule has 0 fully saturated rings. The molecule has 0 heterocycles. The average molecular weight is 412 g/mol. The molecule has 0 aromatic heterocycles. The van der Waals surface area contributed by atoms with E-state index >= 15 is 0 Å². The molecule has 1 amide bonds. The third-order valence-corrected chi connectivity index (χ3v) is 6.07. The van der Waals surface area contributed by atoms with Crippen molar-refractivity contribution in [1.29, 1.82) is 0 Å². The average Bonchev–Trinajstić information content (AvgIpc) is 2.66. The Hall–Kier alpha value is -2.86. The molecule has 6 heteroatoms. The van der Waals surface area contributed by atoms with Crippen LogP contribution in [-0.4, -0.2) is 33.2 Å². The monoisotopic (exact) mass is 411 g/mol.